The SMILES string of the molecule is COC(=O)C1(C[N+]2=COC(c3cccs3)C2)C=CC=CC1Cl. The van der Waals surface area contributed by atoms with Gasteiger partial charge in [-0.05, 0) is 11.4 Å². The summed E-state index contributed by atoms with van der Waals surface area (Å²) >= 11 is 8.07. The molecule has 116 valence electrons. The lowest BCUT2D eigenvalue weighted by molar-refractivity contribution is -0.528. The van der Waals surface area contributed by atoms with Crippen LogP contribution in [0.5, 0.6) is 0 Å². The first-order valence-corrected chi connectivity index (χ1v) is 8.32. The van der Waals surface area contributed by atoms with Crippen molar-refractivity contribution in [1.29, 1.82) is 0 Å². The van der Waals surface area contributed by atoms with Gasteiger partial charge in [-0.2, -0.15) is 4.58 Å². The Morgan fingerprint density at radius 3 is 3.14 bits per heavy atom. The molecule has 0 amide bonds. The van der Waals surface area contributed by atoms with E-state index in [1.54, 1.807) is 17.7 Å². The molecule has 2 heterocycles. The monoisotopic (exact) mass is 338 g/mol. The molecular weight excluding hydrogens is 322 g/mol. The summed E-state index contributed by atoms with van der Waals surface area (Å²) < 4.78 is 12.7. The summed E-state index contributed by atoms with van der Waals surface area (Å²) in [4.78, 5) is 13.5. The third kappa shape index (κ3) is 2.71. The van der Waals surface area contributed by atoms with E-state index in [-0.39, 0.29) is 12.1 Å². The van der Waals surface area contributed by atoms with Crippen LogP contribution in [-0.4, -0.2) is 42.5 Å². The lowest BCUT2D eigenvalue weighted by atomic mass is 9.80. The Balaban J connectivity index is 1.77. The molecule has 2 aliphatic rings. The van der Waals surface area contributed by atoms with Gasteiger partial charge >= 0.3 is 12.4 Å². The smallest absolute Gasteiger partial charge is 0.324 e. The van der Waals surface area contributed by atoms with E-state index < -0.39 is 10.8 Å². The molecule has 4 nitrogen and oxygen atoms in total. The van der Waals surface area contributed by atoms with Crippen LogP contribution in [0.25, 0.3) is 0 Å². The molecule has 1 aromatic rings. The third-order valence-corrected chi connectivity index (χ3v) is 5.44. The third-order valence-electron chi connectivity index (χ3n) is 3.94. The van der Waals surface area contributed by atoms with Crippen LogP contribution >= 0.6 is 22.9 Å². The molecule has 0 N–H and O–H groups in total. The van der Waals surface area contributed by atoms with Crippen LogP contribution in [-0.2, 0) is 14.3 Å². The number of methoxy groups -OCH3 is 1. The zero-order valence-corrected chi connectivity index (χ0v) is 13.7. The molecule has 1 aliphatic carbocycles. The van der Waals surface area contributed by atoms with Gasteiger partial charge in [-0.3, -0.25) is 4.79 Å². The van der Waals surface area contributed by atoms with Crippen molar-refractivity contribution in [3.63, 3.8) is 0 Å². The molecule has 0 radical (unpaired) electrons. The van der Waals surface area contributed by atoms with Crippen LogP contribution in [0.3, 0.4) is 0 Å². The number of carbonyl (C=O) groups is 1. The summed E-state index contributed by atoms with van der Waals surface area (Å²) in [5, 5.41) is 1.58. The standard InChI is InChI=1S/C16H17ClNO3S/c1-20-15(19)16(7-3-2-6-14(16)17)10-18-9-12(21-11-18)13-5-4-8-22-13/h2-8,11-12,14H,9-10H2,1H3/q+1. The van der Waals surface area contributed by atoms with Gasteiger partial charge in [0, 0.05) is 0 Å². The van der Waals surface area contributed by atoms with Crippen molar-refractivity contribution in [2.75, 3.05) is 20.2 Å². The molecular formula is C16H17ClNO3S+. The molecule has 0 aromatic carbocycles. The van der Waals surface area contributed by atoms with Gasteiger partial charge in [0.05, 0.1) is 17.4 Å². The van der Waals surface area contributed by atoms with Crippen molar-refractivity contribution < 1.29 is 18.8 Å². The average Bonchev–Trinajstić information content (AvgIpc) is 3.19. The van der Waals surface area contributed by atoms with Crippen LogP contribution in [0.1, 0.15) is 11.0 Å². The van der Waals surface area contributed by atoms with Gasteiger partial charge < -0.3 is 9.47 Å². The highest BCUT2D eigenvalue weighted by Gasteiger charge is 2.49. The van der Waals surface area contributed by atoms with Crippen molar-refractivity contribution >= 4 is 35.3 Å². The van der Waals surface area contributed by atoms with Crippen molar-refractivity contribution in [1.82, 2.24) is 0 Å². The number of esters is 1. The minimum Gasteiger partial charge on any atom is -0.468 e. The number of halogens is 1. The number of carbonyl (C=O) groups excluding carboxylic acids is 1. The number of nitrogens with zero attached hydrogens (tertiary/aromatic N) is 1. The molecule has 0 bridgehead atoms. The fourth-order valence-electron chi connectivity index (χ4n) is 2.76. The van der Waals surface area contributed by atoms with Gasteiger partial charge in [0.2, 0.25) is 0 Å². The molecule has 0 saturated carbocycles. The van der Waals surface area contributed by atoms with Gasteiger partial charge in [-0.1, -0.05) is 30.4 Å². The first kappa shape index (κ1) is 15.3. The van der Waals surface area contributed by atoms with Crippen LogP contribution in [0.4, 0.5) is 0 Å². The highest BCUT2D eigenvalue weighted by atomic mass is 35.5. The Hall–Kier alpha value is -1.59. The van der Waals surface area contributed by atoms with Crippen molar-refractivity contribution in [3.8, 4) is 0 Å². The number of alkyl halides is 1. The predicted octanol–water partition coefficient (Wildman–Crippen LogP) is 2.75. The number of ether oxygens (including phenoxy) is 2. The van der Waals surface area contributed by atoms with E-state index >= 15 is 0 Å². The number of hydrogen-bond donors (Lipinski definition) is 0. The largest absolute Gasteiger partial charge is 0.468 e. The number of allylic oxidation sites excluding steroid dienone is 3. The highest BCUT2D eigenvalue weighted by molar-refractivity contribution is 7.10. The summed E-state index contributed by atoms with van der Waals surface area (Å²) in [6.45, 7) is 1.12. The van der Waals surface area contributed by atoms with Gasteiger partial charge in [0.25, 0.3) is 0 Å². The highest BCUT2D eigenvalue weighted by Crippen LogP contribution is 2.35. The Labute approximate surface area is 138 Å². The Bertz CT molecular complexity index is 638. The second kappa shape index (κ2) is 6.26. The van der Waals surface area contributed by atoms with Gasteiger partial charge in [0.1, 0.15) is 0 Å². The van der Waals surface area contributed by atoms with E-state index in [2.05, 4.69) is 6.07 Å². The summed E-state index contributed by atoms with van der Waals surface area (Å²) in [5.41, 5.74) is -0.894. The molecule has 6 heteroatoms. The second-order valence-electron chi connectivity index (χ2n) is 5.35. The Kier molecular flexibility index (Phi) is 4.36. The fraction of sp³-hybridized carbons (Fsp3) is 0.375. The maximum absolute atomic E-state index is 12.3. The first-order valence-electron chi connectivity index (χ1n) is 7.00. The predicted molar refractivity (Wildman–Crippen MR) is 86.6 cm³/mol. The van der Waals surface area contributed by atoms with Crippen LogP contribution < -0.4 is 0 Å². The molecule has 3 atom stereocenters. The van der Waals surface area contributed by atoms with Crippen LogP contribution in [0.2, 0.25) is 0 Å². The van der Waals surface area contributed by atoms with Crippen LogP contribution in [0, 0.1) is 5.41 Å². The molecule has 0 saturated heterocycles. The lowest BCUT2D eigenvalue weighted by Gasteiger charge is -2.29. The second-order valence-corrected chi connectivity index (χ2v) is 6.80. The fourth-order valence-corrected chi connectivity index (χ4v) is 3.82. The topological polar surface area (TPSA) is 38.5 Å². The zero-order valence-electron chi connectivity index (χ0n) is 12.1. The molecule has 0 spiro atoms. The summed E-state index contributed by atoms with van der Waals surface area (Å²) in [6.07, 6.45) is 9.01. The average molecular weight is 339 g/mol. The summed E-state index contributed by atoms with van der Waals surface area (Å²) in [6, 6.07) is 4.06. The molecule has 3 rings (SSSR count). The maximum atomic E-state index is 12.3. The quantitative estimate of drug-likeness (QED) is 0.481. The van der Waals surface area contributed by atoms with Gasteiger partial charge in [-0.15, -0.1) is 22.9 Å². The van der Waals surface area contributed by atoms with E-state index in [0.29, 0.717) is 13.1 Å². The number of rotatable bonds is 4. The molecule has 22 heavy (non-hydrogen) atoms. The Morgan fingerprint density at radius 1 is 1.59 bits per heavy atom. The van der Waals surface area contributed by atoms with Gasteiger partial charge in [0.15, 0.2) is 24.6 Å². The van der Waals surface area contributed by atoms with E-state index in [9.17, 15) is 4.79 Å². The normalized spacial score (nSPS) is 30.0. The molecule has 1 aromatic heterocycles. The lowest BCUT2D eigenvalue weighted by Crippen LogP contribution is -2.46. The van der Waals surface area contributed by atoms with Crippen molar-refractivity contribution in [2.24, 2.45) is 5.41 Å². The van der Waals surface area contributed by atoms with E-state index in [1.807, 2.05) is 40.3 Å². The van der Waals surface area contributed by atoms with E-state index in [4.69, 9.17) is 21.1 Å². The van der Waals surface area contributed by atoms with E-state index in [1.165, 1.54) is 12.0 Å². The molecule has 3 unspecified atom stereocenters. The summed E-state index contributed by atoms with van der Waals surface area (Å²) in [7, 11) is 1.39. The number of hydrogen-bond acceptors (Lipinski definition) is 4. The number of thiophene rings is 1. The minimum absolute atomic E-state index is 0.00610. The van der Waals surface area contributed by atoms with E-state index in [0.717, 1.165) is 0 Å². The van der Waals surface area contributed by atoms with Crippen molar-refractivity contribution in [2.45, 2.75) is 11.5 Å². The first-order chi connectivity index (χ1) is 10.7. The molecule has 1 aliphatic heterocycles. The summed E-state index contributed by atoms with van der Waals surface area (Å²) in [5.74, 6) is -0.332. The van der Waals surface area contributed by atoms with Gasteiger partial charge in [-0.25, -0.2) is 0 Å². The zero-order chi connectivity index (χ0) is 15.6. The Morgan fingerprint density at radius 2 is 2.45 bits per heavy atom. The minimum atomic E-state index is -0.894. The van der Waals surface area contributed by atoms with Crippen LogP contribution in [0.15, 0.2) is 41.8 Å². The maximum Gasteiger partial charge on any atom is 0.324 e. The molecule has 0 fully saturated rings. The van der Waals surface area contributed by atoms with Crippen molar-refractivity contribution in [3.05, 3.63) is 46.7 Å².